The summed E-state index contributed by atoms with van der Waals surface area (Å²) in [6.45, 7) is 10.4. The van der Waals surface area contributed by atoms with E-state index in [1.54, 1.807) is 0 Å². The van der Waals surface area contributed by atoms with Gasteiger partial charge in [0.05, 0.1) is 25.4 Å². The Labute approximate surface area is 97.6 Å². The fourth-order valence-corrected chi connectivity index (χ4v) is 1.60. The lowest BCUT2D eigenvalue weighted by Gasteiger charge is -2.29. The second-order valence-corrected chi connectivity index (χ2v) is 4.47. The molecular weight excluding hydrogens is 206 g/mol. The molecule has 0 spiro atoms. The van der Waals surface area contributed by atoms with Crippen molar-refractivity contribution in [1.82, 2.24) is 4.90 Å². The highest BCUT2D eigenvalue weighted by Gasteiger charge is 2.18. The van der Waals surface area contributed by atoms with Crippen molar-refractivity contribution in [2.24, 2.45) is 10.7 Å². The molecule has 1 heterocycles. The minimum absolute atomic E-state index is 0.244. The molecule has 5 nitrogen and oxygen atoms in total. The van der Waals surface area contributed by atoms with E-state index in [1.807, 2.05) is 25.7 Å². The molecule has 1 aliphatic heterocycles. The second-order valence-electron chi connectivity index (χ2n) is 4.47. The van der Waals surface area contributed by atoms with Crippen molar-refractivity contribution >= 4 is 5.96 Å². The Kier molecular flexibility index (Phi) is 5.02. The van der Waals surface area contributed by atoms with Gasteiger partial charge in [0, 0.05) is 19.7 Å². The molecule has 1 fully saturated rings. The van der Waals surface area contributed by atoms with Gasteiger partial charge in [0.1, 0.15) is 0 Å². The predicted molar refractivity (Wildman–Crippen MR) is 64.6 cm³/mol. The third-order valence-electron chi connectivity index (χ3n) is 2.49. The molecule has 0 saturated carbocycles. The van der Waals surface area contributed by atoms with Gasteiger partial charge in [0.25, 0.3) is 0 Å². The van der Waals surface area contributed by atoms with Crippen LogP contribution in [0.5, 0.6) is 0 Å². The van der Waals surface area contributed by atoms with Crippen LogP contribution >= 0.6 is 0 Å². The Morgan fingerprint density at radius 2 is 2.06 bits per heavy atom. The van der Waals surface area contributed by atoms with Gasteiger partial charge in [-0.1, -0.05) is 0 Å². The van der Waals surface area contributed by atoms with Gasteiger partial charge < -0.3 is 20.1 Å². The van der Waals surface area contributed by atoms with E-state index in [1.165, 1.54) is 0 Å². The quantitative estimate of drug-likeness (QED) is 0.561. The summed E-state index contributed by atoms with van der Waals surface area (Å²) in [5.41, 5.74) is 5.67. The fourth-order valence-electron chi connectivity index (χ4n) is 1.60. The van der Waals surface area contributed by atoms with Gasteiger partial charge in [0.15, 0.2) is 5.96 Å². The third-order valence-corrected chi connectivity index (χ3v) is 2.49. The van der Waals surface area contributed by atoms with Gasteiger partial charge in [-0.3, -0.25) is 4.99 Å². The molecule has 1 aliphatic rings. The highest BCUT2D eigenvalue weighted by atomic mass is 16.5. The molecule has 0 aliphatic carbocycles. The highest BCUT2D eigenvalue weighted by Crippen LogP contribution is 2.09. The Balaban J connectivity index is 2.42. The number of hydrogen-bond acceptors (Lipinski definition) is 3. The van der Waals surface area contributed by atoms with E-state index >= 15 is 0 Å². The maximum absolute atomic E-state index is 5.92. The molecule has 0 aromatic carbocycles. The lowest BCUT2D eigenvalue weighted by molar-refractivity contribution is -0.00247. The highest BCUT2D eigenvalue weighted by molar-refractivity contribution is 5.78. The Hall–Kier alpha value is -0.810. The van der Waals surface area contributed by atoms with E-state index < -0.39 is 0 Å². The zero-order valence-electron chi connectivity index (χ0n) is 10.5. The molecule has 94 valence electrons. The van der Waals surface area contributed by atoms with Crippen molar-refractivity contribution in [1.29, 1.82) is 0 Å². The standard InChI is InChI=1S/C11H23N3O2/c1-4-16-11(2,3)9-13-10(12)14-5-7-15-8-6-14/h4-9H2,1-3H3,(H2,12,13). The van der Waals surface area contributed by atoms with Crippen LogP contribution in [0.4, 0.5) is 0 Å². The monoisotopic (exact) mass is 229 g/mol. The number of rotatable bonds is 4. The lowest BCUT2D eigenvalue weighted by atomic mass is 10.1. The van der Waals surface area contributed by atoms with E-state index in [-0.39, 0.29) is 5.60 Å². The maximum Gasteiger partial charge on any atom is 0.191 e. The smallest absolute Gasteiger partial charge is 0.191 e. The average molecular weight is 229 g/mol. The summed E-state index contributed by atoms with van der Waals surface area (Å²) in [5, 5.41) is 0. The summed E-state index contributed by atoms with van der Waals surface area (Å²) in [7, 11) is 0. The zero-order chi connectivity index (χ0) is 12.0. The zero-order valence-corrected chi connectivity index (χ0v) is 10.5. The summed E-state index contributed by atoms with van der Waals surface area (Å²) >= 11 is 0. The number of guanidine groups is 1. The van der Waals surface area contributed by atoms with Crippen LogP contribution in [0.25, 0.3) is 0 Å². The van der Waals surface area contributed by atoms with Gasteiger partial charge >= 0.3 is 0 Å². The molecule has 2 N–H and O–H groups in total. The van der Waals surface area contributed by atoms with E-state index in [9.17, 15) is 0 Å². The normalized spacial score (nSPS) is 18.9. The summed E-state index contributed by atoms with van der Waals surface area (Å²) in [6.07, 6.45) is 0. The number of nitrogens with zero attached hydrogens (tertiary/aromatic N) is 2. The Bertz CT molecular complexity index is 235. The molecule has 0 unspecified atom stereocenters. The van der Waals surface area contributed by atoms with Crippen molar-refractivity contribution in [3.05, 3.63) is 0 Å². The molecule has 16 heavy (non-hydrogen) atoms. The first kappa shape index (κ1) is 13.3. The van der Waals surface area contributed by atoms with Gasteiger partial charge in [-0.05, 0) is 20.8 Å². The van der Waals surface area contributed by atoms with Gasteiger partial charge in [-0.25, -0.2) is 0 Å². The van der Waals surface area contributed by atoms with Crippen LogP contribution in [0.1, 0.15) is 20.8 Å². The van der Waals surface area contributed by atoms with Crippen LogP contribution in [-0.4, -0.2) is 55.9 Å². The van der Waals surface area contributed by atoms with Crippen molar-refractivity contribution in [3.63, 3.8) is 0 Å². The summed E-state index contributed by atoms with van der Waals surface area (Å²) in [6, 6.07) is 0. The minimum atomic E-state index is -0.244. The molecule has 0 aromatic rings. The largest absolute Gasteiger partial charge is 0.378 e. The van der Waals surface area contributed by atoms with E-state index in [0.29, 0.717) is 19.1 Å². The minimum Gasteiger partial charge on any atom is -0.378 e. The molecule has 0 aromatic heterocycles. The van der Waals surface area contributed by atoms with Crippen molar-refractivity contribution in [3.8, 4) is 0 Å². The molecular formula is C11H23N3O2. The summed E-state index contributed by atoms with van der Waals surface area (Å²) in [4.78, 5) is 6.43. The molecule has 0 radical (unpaired) electrons. The van der Waals surface area contributed by atoms with Crippen LogP contribution in [0.3, 0.4) is 0 Å². The Morgan fingerprint density at radius 1 is 1.44 bits per heavy atom. The number of nitrogens with two attached hydrogens (primary N) is 1. The third kappa shape index (κ3) is 4.37. The average Bonchev–Trinajstić information content (AvgIpc) is 2.27. The van der Waals surface area contributed by atoms with Crippen molar-refractivity contribution in [2.45, 2.75) is 26.4 Å². The first-order chi connectivity index (χ1) is 7.55. The molecule has 5 heteroatoms. The van der Waals surface area contributed by atoms with Crippen LogP contribution in [0.2, 0.25) is 0 Å². The van der Waals surface area contributed by atoms with Crippen LogP contribution in [0.15, 0.2) is 4.99 Å². The van der Waals surface area contributed by atoms with Gasteiger partial charge in [0.2, 0.25) is 0 Å². The van der Waals surface area contributed by atoms with E-state index in [0.717, 1.165) is 26.3 Å². The number of ether oxygens (including phenoxy) is 2. The first-order valence-electron chi connectivity index (χ1n) is 5.82. The second kappa shape index (κ2) is 6.06. The number of morpholine rings is 1. The summed E-state index contributed by atoms with van der Waals surface area (Å²) < 4.78 is 10.8. The molecule has 0 atom stereocenters. The van der Waals surface area contributed by atoms with E-state index in [2.05, 4.69) is 4.99 Å². The topological polar surface area (TPSA) is 60.1 Å². The number of aliphatic imine (C=N–C) groups is 1. The maximum atomic E-state index is 5.92. The van der Waals surface area contributed by atoms with Crippen molar-refractivity contribution in [2.75, 3.05) is 39.5 Å². The van der Waals surface area contributed by atoms with Gasteiger partial charge in [-0.2, -0.15) is 0 Å². The van der Waals surface area contributed by atoms with E-state index in [4.69, 9.17) is 15.2 Å². The first-order valence-corrected chi connectivity index (χ1v) is 5.82. The SMILES string of the molecule is CCOC(C)(C)CN=C(N)N1CCOCC1. The van der Waals surface area contributed by atoms with Crippen LogP contribution < -0.4 is 5.73 Å². The molecule has 0 amide bonds. The van der Waals surface area contributed by atoms with Gasteiger partial charge in [-0.15, -0.1) is 0 Å². The lowest BCUT2D eigenvalue weighted by Crippen LogP contribution is -2.45. The summed E-state index contributed by atoms with van der Waals surface area (Å²) in [5.74, 6) is 0.594. The molecule has 1 rings (SSSR count). The van der Waals surface area contributed by atoms with Crippen molar-refractivity contribution < 1.29 is 9.47 Å². The molecule has 1 saturated heterocycles. The number of hydrogen-bond donors (Lipinski definition) is 1. The Morgan fingerprint density at radius 3 is 2.62 bits per heavy atom. The predicted octanol–water partition coefficient (Wildman–Crippen LogP) is 0.448. The van der Waals surface area contributed by atoms with Crippen LogP contribution in [-0.2, 0) is 9.47 Å². The molecule has 0 bridgehead atoms. The van der Waals surface area contributed by atoms with Crippen LogP contribution in [0, 0.1) is 0 Å². The fraction of sp³-hybridized carbons (Fsp3) is 0.909.